The molecule has 0 bridgehead atoms. The lowest BCUT2D eigenvalue weighted by atomic mass is 10.1. The van der Waals surface area contributed by atoms with Gasteiger partial charge in [-0.2, -0.15) is 0 Å². The highest BCUT2D eigenvalue weighted by atomic mass is 19.1. The number of methoxy groups -OCH3 is 1. The summed E-state index contributed by atoms with van der Waals surface area (Å²) in [7, 11) is 1.61. The predicted octanol–water partition coefficient (Wildman–Crippen LogP) is 2.58. The summed E-state index contributed by atoms with van der Waals surface area (Å²) in [6.45, 7) is 2.20. The van der Waals surface area contributed by atoms with E-state index >= 15 is 0 Å². The molecule has 27 heavy (non-hydrogen) atoms. The van der Waals surface area contributed by atoms with Crippen molar-refractivity contribution < 1.29 is 18.7 Å². The van der Waals surface area contributed by atoms with Crippen LogP contribution >= 0.6 is 0 Å². The molecule has 0 aliphatic rings. The first kappa shape index (κ1) is 20.4. The molecule has 0 saturated carbocycles. The lowest BCUT2D eigenvalue weighted by molar-refractivity contribution is -0.134. The summed E-state index contributed by atoms with van der Waals surface area (Å²) >= 11 is 0. The molecule has 0 fully saturated rings. The Labute approximate surface area is 159 Å². The van der Waals surface area contributed by atoms with Crippen molar-refractivity contribution in [2.75, 3.05) is 26.7 Å². The van der Waals surface area contributed by atoms with Gasteiger partial charge in [0.15, 0.2) is 0 Å². The van der Waals surface area contributed by atoms with Crippen LogP contribution in [0.4, 0.5) is 4.39 Å². The zero-order chi connectivity index (χ0) is 19.6. The normalized spacial score (nSPS) is 10.3. The van der Waals surface area contributed by atoms with Gasteiger partial charge in [0.1, 0.15) is 11.6 Å². The monoisotopic (exact) mass is 372 g/mol. The van der Waals surface area contributed by atoms with E-state index in [9.17, 15) is 14.0 Å². The van der Waals surface area contributed by atoms with Gasteiger partial charge in [-0.1, -0.05) is 30.3 Å². The van der Waals surface area contributed by atoms with E-state index in [0.29, 0.717) is 31.5 Å². The van der Waals surface area contributed by atoms with E-state index in [-0.39, 0.29) is 24.2 Å². The fourth-order valence-corrected chi connectivity index (χ4v) is 2.67. The van der Waals surface area contributed by atoms with Crippen LogP contribution in [0.2, 0.25) is 0 Å². The first-order valence-electron chi connectivity index (χ1n) is 8.88. The average Bonchev–Trinajstić information content (AvgIpc) is 2.67. The van der Waals surface area contributed by atoms with Crippen LogP contribution in [0.1, 0.15) is 18.1 Å². The van der Waals surface area contributed by atoms with Gasteiger partial charge in [0.05, 0.1) is 13.7 Å². The van der Waals surface area contributed by atoms with Gasteiger partial charge in [0.2, 0.25) is 11.8 Å². The van der Waals surface area contributed by atoms with Gasteiger partial charge in [0, 0.05) is 20.0 Å². The molecule has 2 aromatic carbocycles. The number of nitrogens with zero attached hydrogens (tertiary/aromatic N) is 1. The second-order valence-electron chi connectivity index (χ2n) is 6.23. The zero-order valence-electron chi connectivity index (χ0n) is 15.7. The van der Waals surface area contributed by atoms with Gasteiger partial charge in [-0.05, 0) is 42.2 Å². The SMILES string of the molecule is COc1ccc(CCN(CC(=O)NCCc2ccccc2F)C(C)=O)cc1. The molecule has 0 heterocycles. The summed E-state index contributed by atoms with van der Waals surface area (Å²) in [5.74, 6) is 0.0806. The second kappa shape index (κ2) is 10.3. The average molecular weight is 372 g/mol. The van der Waals surface area contributed by atoms with Crippen LogP contribution in [-0.4, -0.2) is 43.5 Å². The minimum atomic E-state index is -0.281. The Kier molecular flexibility index (Phi) is 7.79. The molecule has 0 aliphatic heterocycles. The Bertz CT molecular complexity index is 762. The summed E-state index contributed by atoms with van der Waals surface area (Å²) in [6, 6.07) is 14.1. The van der Waals surface area contributed by atoms with Crippen molar-refractivity contribution in [2.24, 2.45) is 0 Å². The molecule has 0 aliphatic carbocycles. The minimum absolute atomic E-state index is 0.0112. The van der Waals surface area contributed by atoms with Crippen molar-refractivity contribution in [3.63, 3.8) is 0 Å². The largest absolute Gasteiger partial charge is 0.497 e. The number of rotatable bonds is 9. The summed E-state index contributed by atoms with van der Waals surface area (Å²) in [4.78, 5) is 25.4. The van der Waals surface area contributed by atoms with Crippen LogP contribution in [0.3, 0.4) is 0 Å². The zero-order valence-corrected chi connectivity index (χ0v) is 15.7. The van der Waals surface area contributed by atoms with Crippen LogP contribution in [0.5, 0.6) is 5.75 Å². The molecule has 0 atom stereocenters. The van der Waals surface area contributed by atoms with Crippen LogP contribution in [-0.2, 0) is 22.4 Å². The fraction of sp³-hybridized carbons (Fsp3) is 0.333. The second-order valence-corrected chi connectivity index (χ2v) is 6.23. The quantitative estimate of drug-likeness (QED) is 0.736. The maximum absolute atomic E-state index is 13.6. The molecule has 0 unspecified atom stereocenters. The van der Waals surface area contributed by atoms with Crippen molar-refractivity contribution in [3.05, 3.63) is 65.5 Å². The third kappa shape index (κ3) is 6.73. The minimum Gasteiger partial charge on any atom is -0.497 e. The van der Waals surface area contributed by atoms with Crippen molar-refractivity contribution in [1.29, 1.82) is 0 Å². The highest BCUT2D eigenvalue weighted by Crippen LogP contribution is 2.12. The number of halogens is 1. The number of nitrogens with one attached hydrogen (secondary N) is 1. The first-order valence-corrected chi connectivity index (χ1v) is 8.88. The number of amides is 2. The molecule has 5 nitrogen and oxygen atoms in total. The molecular weight excluding hydrogens is 347 g/mol. The highest BCUT2D eigenvalue weighted by molar-refractivity contribution is 5.83. The molecule has 1 N–H and O–H groups in total. The molecule has 2 aromatic rings. The van der Waals surface area contributed by atoms with Gasteiger partial charge in [-0.15, -0.1) is 0 Å². The van der Waals surface area contributed by atoms with Gasteiger partial charge in [-0.25, -0.2) is 4.39 Å². The van der Waals surface area contributed by atoms with Crippen LogP contribution in [0.25, 0.3) is 0 Å². The Hall–Kier alpha value is -2.89. The Balaban J connectivity index is 1.79. The Morgan fingerprint density at radius 1 is 1.07 bits per heavy atom. The highest BCUT2D eigenvalue weighted by Gasteiger charge is 2.13. The van der Waals surface area contributed by atoms with E-state index in [1.165, 1.54) is 17.9 Å². The standard InChI is InChI=1S/C21H25FN2O3/c1-16(25)24(14-12-17-7-9-19(27-2)10-8-17)15-21(26)23-13-11-18-5-3-4-6-20(18)22/h3-10H,11-15H2,1-2H3,(H,23,26). The maximum atomic E-state index is 13.6. The van der Waals surface area contributed by atoms with Crippen molar-refractivity contribution >= 4 is 11.8 Å². The summed E-state index contributed by atoms with van der Waals surface area (Å²) in [5.41, 5.74) is 1.61. The third-order valence-corrected chi connectivity index (χ3v) is 4.28. The van der Waals surface area contributed by atoms with E-state index in [1.54, 1.807) is 25.3 Å². The van der Waals surface area contributed by atoms with Gasteiger partial charge < -0.3 is 15.0 Å². The number of hydrogen-bond donors (Lipinski definition) is 1. The summed E-state index contributed by atoms with van der Waals surface area (Å²) in [6.07, 6.45) is 1.05. The molecule has 2 rings (SSSR count). The number of ether oxygens (including phenoxy) is 1. The number of carbonyl (C=O) groups is 2. The van der Waals surface area contributed by atoms with Crippen molar-refractivity contribution in [1.82, 2.24) is 10.2 Å². The van der Waals surface area contributed by atoms with Crippen molar-refractivity contribution in [2.45, 2.75) is 19.8 Å². The molecule has 0 radical (unpaired) electrons. The molecule has 144 valence electrons. The number of carbonyl (C=O) groups excluding carboxylic acids is 2. The topological polar surface area (TPSA) is 58.6 Å². The van der Waals surface area contributed by atoms with Crippen LogP contribution < -0.4 is 10.1 Å². The van der Waals surface area contributed by atoms with E-state index < -0.39 is 0 Å². The van der Waals surface area contributed by atoms with Gasteiger partial charge in [0.25, 0.3) is 0 Å². The van der Waals surface area contributed by atoms with E-state index in [4.69, 9.17) is 4.74 Å². The van der Waals surface area contributed by atoms with Gasteiger partial charge >= 0.3 is 0 Å². The van der Waals surface area contributed by atoms with Crippen molar-refractivity contribution in [3.8, 4) is 5.75 Å². The van der Waals surface area contributed by atoms with E-state index in [0.717, 1.165) is 11.3 Å². The molecule has 0 aromatic heterocycles. The van der Waals surface area contributed by atoms with Gasteiger partial charge in [-0.3, -0.25) is 9.59 Å². The Morgan fingerprint density at radius 2 is 1.78 bits per heavy atom. The summed E-state index contributed by atoms with van der Waals surface area (Å²) < 4.78 is 18.7. The van der Waals surface area contributed by atoms with E-state index in [2.05, 4.69) is 5.32 Å². The first-order chi connectivity index (χ1) is 13.0. The smallest absolute Gasteiger partial charge is 0.239 e. The molecule has 0 spiro atoms. The van der Waals surface area contributed by atoms with Crippen LogP contribution in [0.15, 0.2) is 48.5 Å². The lowest BCUT2D eigenvalue weighted by Gasteiger charge is -2.20. The molecular formula is C21H25FN2O3. The van der Waals surface area contributed by atoms with E-state index in [1.807, 2.05) is 24.3 Å². The summed E-state index contributed by atoms with van der Waals surface area (Å²) in [5, 5.41) is 2.74. The number of hydrogen-bond acceptors (Lipinski definition) is 3. The van der Waals surface area contributed by atoms with Crippen LogP contribution in [0, 0.1) is 5.82 Å². The molecule has 2 amide bonds. The lowest BCUT2D eigenvalue weighted by Crippen LogP contribution is -2.41. The fourth-order valence-electron chi connectivity index (χ4n) is 2.67. The Morgan fingerprint density at radius 3 is 2.41 bits per heavy atom. The molecule has 0 saturated heterocycles. The number of benzene rings is 2. The third-order valence-electron chi connectivity index (χ3n) is 4.28. The molecule has 6 heteroatoms. The predicted molar refractivity (Wildman–Crippen MR) is 102 cm³/mol. The maximum Gasteiger partial charge on any atom is 0.239 e.